The van der Waals surface area contributed by atoms with Crippen LogP contribution in [-0.4, -0.2) is 44.9 Å². The minimum absolute atomic E-state index is 0.631. The van der Waals surface area contributed by atoms with Crippen LogP contribution in [0.25, 0.3) is 11.3 Å². The molecule has 2 aliphatic rings. The molecule has 6 nitrogen and oxygen atoms in total. The maximum atomic E-state index is 6.01. The van der Waals surface area contributed by atoms with Crippen LogP contribution in [0.1, 0.15) is 25.7 Å². The molecule has 2 fully saturated rings. The average molecular weight is 313 g/mol. The van der Waals surface area contributed by atoms with Gasteiger partial charge in [-0.2, -0.15) is 5.10 Å². The van der Waals surface area contributed by atoms with E-state index in [1.807, 2.05) is 23.9 Å². The SMILES string of the molecule is Cn1nccc1-c1cc(N)cnc1OCCN1C2CCC1CC2. The van der Waals surface area contributed by atoms with E-state index >= 15 is 0 Å². The lowest BCUT2D eigenvalue weighted by Crippen LogP contribution is -2.32. The highest BCUT2D eigenvalue weighted by molar-refractivity contribution is 5.68. The predicted octanol–water partition coefficient (Wildman–Crippen LogP) is 2.07. The van der Waals surface area contributed by atoms with E-state index in [0.717, 1.165) is 29.9 Å². The Hall–Kier alpha value is -2.08. The standard InChI is InChI=1S/C17H23N5O/c1-21-16(6-7-20-21)15-10-12(18)11-19-17(15)23-9-8-22-13-2-3-14(22)5-4-13/h6-7,10-11,13-14H,2-5,8-9,18H2,1H3. The maximum absolute atomic E-state index is 6.01. The van der Waals surface area contributed by atoms with Crippen molar-refractivity contribution in [3.63, 3.8) is 0 Å². The van der Waals surface area contributed by atoms with Crippen LogP contribution in [0, 0.1) is 0 Å². The van der Waals surface area contributed by atoms with Crippen molar-refractivity contribution in [2.45, 2.75) is 37.8 Å². The van der Waals surface area contributed by atoms with E-state index in [2.05, 4.69) is 15.0 Å². The molecule has 2 N–H and O–H groups in total. The molecule has 2 saturated heterocycles. The fraction of sp³-hybridized carbons (Fsp3) is 0.529. The Bertz CT molecular complexity index is 678. The number of nitrogen functional groups attached to an aromatic ring is 1. The van der Waals surface area contributed by atoms with Gasteiger partial charge in [0.25, 0.3) is 0 Å². The summed E-state index contributed by atoms with van der Waals surface area (Å²) in [4.78, 5) is 7.00. The van der Waals surface area contributed by atoms with Crippen LogP contribution in [0.2, 0.25) is 0 Å². The van der Waals surface area contributed by atoms with Crippen LogP contribution in [-0.2, 0) is 7.05 Å². The van der Waals surface area contributed by atoms with Crippen molar-refractivity contribution >= 4 is 5.69 Å². The number of nitrogens with two attached hydrogens (primary N) is 1. The van der Waals surface area contributed by atoms with Crippen molar-refractivity contribution in [2.75, 3.05) is 18.9 Å². The number of pyridine rings is 1. The van der Waals surface area contributed by atoms with E-state index in [0.29, 0.717) is 18.2 Å². The second-order valence-electron chi connectivity index (χ2n) is 6.51. The summed E-state index contributed by atoms with van der Waals surface area (Å²) in [5.74, 6) is 0.634. The molecule has 2 aromatic rings. The highest BCUT2D eigenvalue weighted by atomic mass is 16.5. The lowest BCUT2D eigenvalue weighted by Gasteiger charge is -2.21. The first-order valence-corrected chi connectivity index (χ1v) is 8.35. The Balaban J connectivity index is 1.47. The van der Waals surface area contributed by atoms with Crippen LogP contribution in [0.15, 0.2) is 24.5 Å². The second kappa shape index (κ2) is 5.85. The molecule has 23 heavy (non-hydrogen) atoms. The molecule has 0 aromatic carbocycles. The van der Waals surface area contributed by atoms with Gasteiger partial charge in [-0.3, -0.25) is 9.58 Å². The maximum Gasteiger partial charge on any atom is 0.223 e. The van der Waals surface area contributed by atoms with Gasteiger partial charge in [-0.25, -0.2) is 4.98 Å². The van der Waals surface area contributed by atoms with E-state index in [1.54, 1.807) is 12.4 Å². The van der Waals surface area contributed by atoms with Crippen molar-refractivity contribution in [3.05, 3.63) is 24.5 Å². The largest absolute Gasteiger partial charge is 0.476 e. The molecule has 2 aliphatic heterocycles. The third-order valence-electron chi connectivity index (χ3n) is 5.16. The molecule has 0 atom stereocenters. The Morgan fingerprint density at radius 2 is 2.00 bits per heavy atom. The molecule has 0 unspecified atom stereocenters. The van der Waals surface area contributed by atoms with Crippen molar-refractivity contribution < 1.29 is 4.74 Å². The first kappa shape index (κ1) is 14.5. The smallest absolute Gasteiger partial charge is 0.223 e. The first-order chi connectivity index (χ1) is 11.2. The summed E-state index contributed by atoms with van der Waals surface area (Å²) in [6, 6.07) is 5.40. The van der Waals surface area contributed by atoms with Crippen molar-refractivity contribution in [1.82, 2.24) is 19.7 Å². The number of aryl methyl sites for hydroxylation is 1. The van der Waals surface area contributed by atoms with Gasteiger partial charge < -0.3 is 10.5 Å². The molecule has 6 heteroatoms. The average Bonchev–Trinajstić information content (AvgIpc) is 3.25. The van der Waals surface area contributed by atoms with E-state index < -0.39 is 0 Å². The zero-order valence-electron chi connectivity index (χ0n) is 13.5. The molecule has 122 valence electrons. The molecule has 0 amide bonds. The van der Waals surface area contributed by atoms with Gasteiger partial charge in [0.15, 0.2) is 0 Å². The van der Waals surface area contributed by atoms with Gasteiger partial charge >= 0.3 is 0 Å². The topological polar surface area (TPSA) is 69.2 Å². The normalized spacial score (nSPS) is 23.5. The van der Waals surface area contributed by atoms with Crippen LogP contribution < -0.4 is 10.5 Å². The summed E-state index contributed by atoms with van der Waals surface area (Å²) < 4.78 is 7.82. The van der Waals surface area contributed by atoms with Gasteiger partial charge in [0.2, 0.25) is 5.88 Å². The lowest BCUT2D eigenvalue weighted by atomic mass is 10.0. The molecule has 0 saturated carbocycles. The first-order valence-electron chi connectivity index (χ1n) is 8.35. The molecule has 2 bridgehead atoms. The van der Waals surface area contributed by atoms with Crippen LogP contribution >= 0.6 is 0 Å². The van der Waals surface area contributed by atoms with E-state index in [4.69, 9.17) is 10.5 Å². The molecule has 0 spiro atoms. The zero-order chi connectivity index (χ0) is 15.8. The van der Waals surface area contributed by atoms with Crippen molar-refractivity contribution in [2.24, 2.45) is 7.05 Å². The van der Waals surface area contributed by atoms with Crippen molar-refractivity contribution in [1.29, 1.82) is 0 Å². The molecular weight excluding hydrogens is 290 g/mol. The number of nitrogens with zero attached hydrogens (tertiary/aromatic N) is 4. The minimum atomic E-state index is 0.631. The number of anilines is 1. The zero-order valence-corrected chi connectivity index (χ0v) is 13.5. The molecule has 4 rings (SSSR count). The molecular formula is C17H23N5O. The third-order valence-corrected chi connectivity index (χ3v) is 5.16. The van der Waals surface area contributed by atoms with Gasteiger partial charge in [-0.15, -0.1) is 0 Å². The Labute approximate surface area is 136 Å². The number of ether oxygens (including phenoxy) is 1. The molecule has 4 heterocycles. The van der Waals surface area contributed by atoms with Crippen LogP contribution in [0.5, 0.6) is 5.88 Å². The van der Waals surface area contributed by atoms with E-state index in [-0.39, 0.29) is 0 Å². The Morgan fingerprint density at radius 3 is 2.65 bits per heavy atom. The Morgan fingerprint density at radius 1 is 1.26 bits per heavy atom. The second-order valence-corrected chi connectivity index (χ2v) is 6.51. The number of rotatable bonds is 5. The number of fused-ring (bicyclic) bond motifs is 2. The summed E-state index contributed by atoms with van der Waals surface area (Å²) in [6.45, 7) is 1.64. The predicted molar refractivity (Wildman–Crippen MR) is 89.1 cm³/mol. The number of aromatic nitrogens is 3. The quantitative estimate of drug-likeness (QED) is 0.915. The summed E-state index contributed by atoms with van der Waals surface area (Å²) in [6.07, 6.45) is 8.82. The van der Waals surface area contributed by atoms with Gasteiger partial charge in [-0.05, 0) is 37.8 Å². The van der Waals surface area contributed by atoms with E-state index in [9.17, 15) is 0 Å². The third kappa shape index (κ3) is 2.67. The van der Waals surface area contributed by atoms with Crippen LogP contribution in [0.3, 0.4) is 0 Å². The summed E-state index contributed by atoms with van der Waals surface area (Å²) >= 11 is 0. The van der Waals surface area contributed by atoms with Gasteiger partial charge in [0.05, 0.1) is 23.1 Å². The van der Waals surface area contributed by atoms with Crippen molar-refractivity contribution in [3.8, 4) is 17.1 Å². The van der Waals surface area contributed by atoms with Gasteiger partial charge in [0.1, 0.15) is 6.61 Å². The van der Waals surface area contributed by atoms with Gasteiger partial charge in [0, 0.05) is 31.9 Å². The summed E-state index contributed by atoms with van der Waals surface area (Å²) in [5, 5.41) is 4.22. The monoisotopic (exact) mass is 313 g/mol. The fourth-order valence-corrected chi connectivity index (χ4v) is 4.04. The van der Waals surface area contributed by atoms with Crippen LogP contribution in [0.4, 0.5) is 5.69 Å². The highest BCUT2D eigenvalue weighted by Crippen LogP contribution is 2.37. The summed E-state index contributed by atoms with van der Waals surface area (Å²) in [5.41, 5.74) is 8.39. The number of hydrogen-bond acceptors (Lipinski definition) is 5. The summed E-state index contributed by atoms with van der Waals surface area (Å²) in [7, 11) is 1.91. The Kier molecular flexibility index (Phi) is 3.69. The molecule has 0 radical (unpaired) electrons. The molecule has 0 aliphatic carbocycles. The lowest BCUT2D eigenvalue weighted by molar-refractivity contribution is 0.191. The van der Waals surface area contributed by atoms with E-state index in [1.165, 1.54) is 25.7 Å². The molecule has 2 aromatic heterocycles. The number of hydrogen-bond donors (Lipinski definition) is 1. The van der Waals surface area contributed by atoms with Gasteiger partial charge in [-0.1, -0.05) is 0 Å². The highest BCUT2D eigenvalue weighted by Gasteiger charge is 2.38. The minimum Gasteiger partial charge on any atom is -0.476 e. The fourth-order valence-electron chi connectivity index (χ4n) is 4.04.